The minimum Gasteiger partial charge on any atom is -0.356 e. The number of hydrogen-bond acceptors (Lipinski definition) is 3. The van der Waals surface area contributed by atoms with Crippen molar-refractivity contribution in [3.63, 3.8) is 0 Å². The maximum Gasteiger partial charge on any atom is 0.193 e. The molecular formula is C18H34N4S. The van der Waals surface area contributed by atoms with Gasteiger partial charge in [-0.3, -0.25) is 9.89 Å². The van der Waals surface area contributed by atoms with Gasteiger partial charge in [-0.05, 0) is 55.9 Å². The standard InChI is InChI=1S/C18H34N4S/c1-19-18(20-7-3-4-12-23-2)22-10-8-21(9-11-22)17-14-15-5-6-16(17)13-15/h15-17H,3-14H2,1-2H3,(H,19,20). The second-order valence-corrected chi connectivity index (χ2v) is 8.42. The van der Waals surface area contributed by atoms with Gasteiger partial charge in [0.25, 0.3) is 0 Å². The van der Waals surface area contributed by atoms with E-state index < -0.39 is 0 Å². The number of nitrogens with zero attached hydrogens (tertiary/aromatic N) is 3. The lowest BCUT2D eigenvalue weighted by Gasteiger charge is -2.42. The normalized spacial score (nSPS) is 31.8. The van der Waals surface area contributed by atoms with E-state index in [0.29, 0.717) is 0 Å². The van der Waals surface area contributed by atoms with Crippen molar-refractivity contribution in [1.29, 1.82) is 0 Å². The summed E-state index contributed by atoms with van der Waals surface area (Å²) in [5.74, 6) is 4.45. The third kappa shape index (κ3) is 4.36. The summed E-state index contributed by atoms with van der Waals surface area (Å²) < 4.78 is 0. The van der Waals surface area contributed by atoms with E-state index in [9.17, 15) is 0 Å². The van der Waals surface area contributed by atoms with Gasteiger partial charge in [0.1, 0.15) is 0 Å². The average Bonchev–Trinajstić information content (AvgIpc) is 3.22. The van der Waals surface area contributed by atoms with Gasteiger partial charge in [-0.2, -0.15) is 11.8 Å². The van der Waals surface area contributed by atoms with Gasteiger partial charge in [0, 0.05) is 45.8 Å². The molecule has 1 saturated heterocycles. The average molecular weight is 339 g/mol. The summed E-state index contributed by atoms with van der Waals surface area (Å²) in [4.78, 5) is 9.74. The van der Waals surface area contributed by atoms with Gasteiger partial charge < -0.3 is 10.2 Å². The van der Waals surface area contributed by atoms with Crippen LogP contribution in [0.4, 0.5) is 0 Å². The van der Waals surface area contributed by atoms with E-state index in [2.05, 4.69) is 26.4 Å². The third-order valence-corrected chi connectivity index (χ3v) is 6.75. The molecule has 2 aliphatic carbocycles. The first-order valence-corrected chi connectivity index (χ1v) is 10.9. The summed E-state index contributed by atoms with van der Waals surface area (Å²) >= 11 is 1.94. The second-order valence-electron chi connectivity index (χ2n) is 7.44. The van der Waals surface area contributed by atoms with Crippen molar-refractivity contribution in [3.05, 3.63) is 0 Å². The van der Waals surface area contributed by atoms with Crippen LogP contribution in [-0.2, 0) is 0 Å². The zero-order valence-corrected chi connectivity index (χ0v) is 15.8. The van der Waals surface area contributed by atoms with E-state index in [4.69, 9.17) is 0 Å². The largest absolute Gasteiger partial charge is 0.356 e. The Morgan fingerprint density at radius 1 is 1.13 bits per heavy atom. The number of piperazine rings is 1. The van der Waals surface area contributed by atoms with Gasteiger partial charge >= 0.3 is 0 Å². The van der Waals surface area contributed by atoms with Gasteiger partial charge in [-0.1, -0.05) is 6.42 Å². The van der Waals surface area contributed by atoms with Crippen LogP contribution in [0.2, 0.25) is 0 Å². The molecule has 0 aromatic rings. The lowest BCUT2D eigenvalue weighted by molar-refractivity contribution is 0.0958. The lowest BCUT2D eigenvalue weighted by atomic mass is 9.93. The minimum atomic E-state index is 0.900. The summed E-state index contributed by atoms with van der Waals surface area (Å²) in [5.41, 5.74) is 0. The Morgan fingerprint density at radius 2 is 1.96 bits per heavy atom. The maximum absolute atomic E-state index is 4.50. The SMILES string of the molecule is CN=C(NCCCCSC)N1CCN(C2CC3CCC2C3)CC1. The van der Waals surface area contributed by atoms with Gasteiger partial charge in [0.05, 0.1) is 0 Å². The predicted octanol–water partition coefficient (Wildman–Crippen LogP) is 2.51. The molecule has 132 valence electrons. The predicted molar refractivity (Wildman–Crippen MR) is 101 cm³/mol. The Kier molecular flexibility index (Phi) is 6.52. The maximum atomic E-state index is 4.50. The monoisotopic (exact) mass is 338 g/mol. The Bertz CT molecular complexity index is 392. The third-order valence-electron chi connectivity index (χ3n) is 6.05. The molecule has 3 fully saturated rings. The van der Waals surface area contributed by atoms with E-state index in [0.717, 1.165) is 43.5 Å². The van der Waals surface area contributed by atoms with E-state index in [1.807, 2.05) is 18.8 Å². The van der Waals surface area contributed by atoms with Gasteiger partial charge in [-0.25, -0.2) is 0 Å². The molecular weight excluding hydrogens is 304 g/mol. The summed E-state index contributed by atoms with van der Waals surface area (Å²) in [6.45, 7) is 5.78. The summed E-state index contributed by atoms with van der Waals surface area (Å²) in [6.07, 6.45) is 10.7. The summed E-state index contributed by atoms with van der Waals surface area (Å²) in [6, 6.07) is 0.900. The van der Waals surface area contributed by atoms with Crippen molar-refractivity contribution in [2.24, 2.45) is 16.8 Å². The Hall–Kier alpha value is -0.420. The van der Waals surface area contributed by atoms with Gasteiger partial charge in [0.15, 0.2) is 5.96 Å². The fraction of sp³-hybridized carbons (Fsp3) is 0.944. The number of nitrogens with one attached hydrogen (secondary N) is 1. The minimum absolute atomic E-state index is 0.900. The van der Waals surface area contributed by atoms with Crippen LogP contribution in [0.25, 0.3) is 0 Å². The first-order valence-electron chi connectivity index (χ1n) is 9.50. The molecule has 3 unspecified atom stereocenters. The zero-order valence-electron chi connectivity index (χ0n) is 15.0. The first kappa shape index (κ1) is 17.4. The topological polar surface area (TPSA) is 30.9 Å². The molecule has 1 heterocycles. The lowest BCUT2D eigenvalue weighted by Crippen LogP contribution is -2.55. The molecule has 5 heteroatoms. The van der Waals surface area contributed by atoms with Crippen LogP contribution < -0.4 is 5.32 Å². The van der Waals surface area contributed by atoms with Crippen molar-refractivity contribution in [1.82, 2.24) is 15.1 Å². The smallest absolute Gasteiger partial charge is 0.193 e. The highest BCUT2D eigenvalue weighted by atomic mass is 32.2. The van der Waals surface area contributed by atoms with Crippen LogP contribution in [0.15, 0.2) is 4.99 Å². The van der Waals surface area contributed by atoms with Crippen LogP contribution in [0.1, 0.15) is 38.5 Å². The molecule has 0 aromatic carbocycles. The van der Waals surface area contributed by atoms with Gasteiger partial charge in [-0.15, -0.1) is 0 Å². The quantitative estimate of drug-likeness (QED) is 0.458. The highest BCUT2D eigenvalue weighted by molar-refractivity contribution is 7.98. The van der Waals surface area contributed by atoms with E-state index in [1.165, 1.54) is 57.4 Å². The van der Waals surface area contributed by atoms with Crippen molar-refractivity contribution in [2.45, 2.75) is 44.6 Å². The fourth-order valence-corrected chi connectivity index (χ4v) is 5.32. The molecule has 1 N–H and O–H groups in total. The summed E-state index contributed by atoms with van der Waals surface area (Å²) in [7, 11) is 1.92. The van der Waals surface area contributed by atoms with Crippen molar-refractivity contribution < 1.29 is 0 Å². The molecule has 0 spiro atoms. The highest BCUT2D eigenvalue weighted by Crippen LogP contribution is 2.46. The molecule has 0 amide bonds. The molecule has 3 rings (SSSR count). The number of hydrogen-bond donors (Lipinski definition) is 1. The van der Waals surface area contributed by atoms with Crippen LogP contribution in [-0.4, -0.2) is 73.6 Å². The highest BCUT2D eigenvalue weighted by Gasteiger charge is 2.42. The Morgan fingerprint density at radius 3 is 2.57 bits per heavy atom. The molecule has 1 aliphatic heterocycles. The van der Waals surface area contributed by atoms with Crippen LogP contribution in [0.5, 0.6) is 0 Å². The molecule has 0 aromatic heterocycles. The Labute approximate surface area is 146 Å². The molecule has 3 aliphatic rings. The number of unbranched alkanes of at least 4 members (excludes halogenated alkanes) is 1. The number of fused-ring (bicyclic) bond motifs is 2. The fourth-order valence-electron chi connectivity index (χ4n) is 4.83. The van der Waals surface area contributed by atoms with Crippen LogP contribution >= 0.6 is 11.8 Å². The van der Waals surface area contributed by atoms with E-state index >= 15 is 0 Å². The van der Waals surface area contributed by atoms with Crippen LogP contribution in [0, 0.1) is 11.8 Å². The van der Waals surface area contributed by atoms with Gasteiger partial charge in [0.2, 0.25) is 0 Å². The molecule has 23 heavy (non-hydrogen) atoms. The molecule has 2 bridgehead atoms. The zero-order chi connectivity index (χ0) is 16.1. The Balaban J connectivity index is 1.39. The molecule has 3 atom stereocenters. The van der Waals surface area contributed by atoms with Crippen molar-refractivity contribution >= 4 is 17.7 Å². The first-order chi connectivity index (χ1) is 11.3. The van der Waals surface area contributed by atoms with Crippen molar-refractivity contribution in [3.8, 4) is 0 Å². The second kappa shape index (κ2) is 8.61. The number of rotatable bonds is 6. The number of aliphatic imine (C=N–C) groups is 1. The molecule has 4 nitrogen and oxygen atoms in total. The van der Waals surface area contributed by atoms with Crippen LogP contribution in [0.3, 0.4) is 0 Å². The number of thioether (sulfide) groups is 1. The van der Waals surface area contributed by atoms with E-state index in [-0.39, 0.29) is 0 Å². The van der Waals surface area contributed by atoms with E-state index in [1.54, 1.807) is 0 Å². The molecule has 2 saturated carbocycles. The number of guanidine groups is 1. The molecule has 0 radical (unpaired) electrons. The summed E-state index contributed by atoms with van der Waals surface area (Å²) in [5, 5.41) is 3.56. The van der Waals surface area contributed by atoms with Crippen molar-refractivity contribution in [2.75, 3.05) is 51.8 Å².